The van der Waals surface area contributed by atoms with E-state index in [4.69, 9.17) is 11.6 Å². The first-order chi connectivity index (χ1) is 10.1. The van der Waals surface area contributed by atoms with Gasteiger partial charge in [-0.15, -0.1) is 0 Å². The van der Waals surface area contributed by atoms with Crippen molar-refractivity contribution in [2.45, 2.75) is 57.2 Å². The Morgan fingerprint density at radius 3 is 2.50 bits per heavy atom. The lowest BCUT2D eigenvalue weighted by Gasteiger charge is -2.42. The predicted molar refractivity (Wildman–Crippen MR) is 90.9 cm³/mol. The van der Waals surface area contributed by atoms with Crippen LogP contribution in [0.5, 0.6) is 0 Å². The molecule has 1 aliphatic carbocycles. The monoisotopic (exact) mass is 345 g/mol. The Kier molecular flexibility index (Phi) is 4.76. The molecule has 5 nitrogen and oxygen atoms in total. The van der Waals surface area contributed by atoms with Crippen LogP contribution in [0.1, 0.15) is 45.7 Å². The second-order valence-electron chi connectivity index (χ2n) is 7.00. The van der Waals surface area contributed by atoms with Gasteiger partial charge < -0.3 is 5.32 Å². The summed E-state index contributed by atoms with van der Waals surface area (Å²) in [5, 5.41) is 3.74. The molecule has 2 rings (SSSR count). The minimum absolute atomic E-state index is 0.349. The third-order valence-electron chi connectivity index (χ3n) is 3.94. The third kappa shape index (κ3) is 3.55. The molecule has 0 bridgehead atoms. The van der Waals surface area contributed by atoms with E-state index in [1.165, 1.54) is 0 Å². The second kappa shape index (κ2) is 5.98. The van der Waals surface area contributed by atoms with Crippen LogP contribution in [0.25, 0.3) is 0 Å². The van der Waals surface area contributed by atoms with Crippen molar-refractivity contribution in [3.05, 3.63) is 23.0 Å². The molecule has 1 heterocycles. The number of hydrogen-bond donors (Lipinski definition) is 2. The molecule has 0 spiro atoms. The van der Waals surface area contributed by atoms with Crippen LogP contribution in [-0.2, 0) is 10.0 Å². The first-order valence-corrected chi connectivity index (χ1v) is 9.31. The Balaban J connectivity index is 2.17. The Bertz CT molecular complexity index is 649. The summed E-state index contributed by atoms with van der Waals surface area (Å²) >= 11 is 6.21. The highest BCUT2D eigenvalue weighted by molar-refractivity contribution is 7.91. The van der Waals surface area contributed by atoms with Crippen molar-refractivity contribution in [3.8, 4) is 0 Å². The van der Waals surface area contributed by atoms with Gasteiger partial charge in [0.25, 0.3) is 0 Å². The van der Waals surface area contributed by atoms with E-state index in [1.54, 1.807) is 12.3 Å². The molecule has 1 aromatic heterocycles. The summed E-state index contributed by atoms with van der Waals surface area (Å²) in [5.41, 5.74) is 0.975. The number of hydrogen-bond acceptors (Lipinski definition) is 4. The maximum absolute atomic E-state index is 12.7. The van der Waals surface area contributed by atoms with E-state index in [-0.39, 0.29) is 0 Å². The van der Waals surface area contributed by atoms with Gasteiger partial charge in [-0.05, 0) is 46.6 Å². The fourth-order valence-electron chi connectivity index (χ4n) is 2.56. The summed E-state index contributed by atoms with van der Waals surface area (Å²) in [7, 11) is -3.41. The normalized spacial score (nSPS) is 17.9. The van der Waals surface area contributed by atoms with Crippen molar-refractivity contribution in [3.63, 3.8) is 0 Å². The molecule has 2 N–H and O–H groups in total. The van der Waals surface area contributed by atoms with E-state index < -0.39 is 20.3 Å². The Morgan fingerprint density at radius 2 is 2.00 bits per heavy atom. The lowest BCUT2D eigenvalue weighted by atomic mass is 9.84. The zero-order valence-electron chi connectivity index (χ0n) is 13.5. The van der Waals surface area contributed by atoms with Gasteiger partial charge in [-0.25, -0.2) is 13.1 Å². The fourth-order valence-corrected chi connectivity index (χ4v) is 4.85. The molecule has 0 amide bonds. The molecule has 22 heavy (non-hydrogen) atoms. The molecule has 0 aliphatic heterocycles. The first-order valence-electron chi connectivity index (χ1n) is 7.45. The molecule has 0 aromatic carbocycles. The molecule has 1 aliphatic rings. The minimum atomic E-state index is -3.41. The largest absolute Gasteiger partial charge is 0.382 e. The predicted octanol–water partition coefficient (Wildman–Crippen LogP) is 3.10. The molecule has 1 fully saturated rings. The van der Waals surface area contributed by atoms with Crippen LogP contribution >= 0.6 is 11.6 Å². The van der Waals surface area contributed by atoms with Gasteiger partial charge in [0.1, 0.15) is 4.75 Å². The number of pyridine rings is 1. The van der Waals surface area contributed by atoms with Crippen molar-refractivity contribution in [1.82, 2.24) is 9.71 Å². The number of anilines is 1. The highest BCUT2D eigenvalue weighted by atomic mass is 35.5. The molecular weight excluding hydrogens is 322 g/mol. The van der Waals surface area contributed by atoms with Gasteiger partial charge in [-0.1, -0.05) is 18.0 Å². The number of aromatic nitrogens is 1. The lowest BCUT2D eigenvalue weighted by Crippen LogP contribution is -2.58. The van der Waals surface area contributed by atoms with Crippen molar-refractivity contribution in [1.29, 1.82) is 0 Å². The maximum Gasteiger partial charge on any atom is 0.219 e. The Morgan fingerprint density at radius 1 is 1.36 bits per heavy atom. The van der Waals surface area contributed by atoms with Crippen LogP contribution in [0.15, 0.2) is 12.3 Å². The highest BCUT2D eigenvalue weighted by Gasteiger charge is 2.49. The smallest absolute Gasteiger partial charge is 0.219 e. The summed E-state index contributed by atoms with van der Waals surface area (Å²) in [6.07, 6.45) is 3.91. The molecule has 0 radical (unpaired) electrons. The number of nitrogens with one attached hydrogen (secondary N) is 2. The lowest BCUT2D eigenvalue weighted by molar-refractivity contribution is 0.339. The molecule has 0 unspecified atom stereocenters. The summed E-state index contributed by atoms with van der Waals surface area (Å²) < 4.78 is 27.5. The summed E-state index contributed by atoms with van der Waals surface area (Å²) in [5.74, 6) is 0. The number of sulfonamides is 1. The van der Waals surface area contributed by atoms with Gasteiger partial charge in [-0.3, -0.25) is 4.98 Å². The van der Waals surface area contributed by atoms with Crippen molar-refractivity contribution in [2.75, 3.05) is 11.9 Å². The van der Waals surface area contributed by atoms with Crippen molar-refractivity contribution in [2.24, 2.45) is 0 Å². The van der Waals surface area contributed by atoms with E-state index in [2.05, 4.69) is 15.0 Å². The fraction of sp³-hybridized carbons (Fsp3) is 0.667. The third-order valence-corrected chi connectivity index (χ3v) is 6.99. The van der Waals surface area contributed by atoms with Crippen LogP contribution in [0.2, 0.25) is 5.02 Å². The van der Waals surface area contributed by atoms with Crippen LogP contribution < -0.4 is 10.0 Å². The van der Waals surface area contributed by atoms with Gasteiger partial charge in [0.05, 0.1) is 16.4 Å². The second-order valence-corrected chi connectivity index (χ2v) is 9.46. The highest BCUT2D eigenvalue weighted by Crippen LogP contribution is 2.40. The van der Waals surface area contributed by atoms with E-state index in [1.807, 2.05) is 27.7 Å². The topological polar surface area (TPSA) is 71.1 Å². The molecule has 124 valence electrons. The van der Waals surface area contributed by atoms with Crippen LogP contribution in [-0.4, -0.2) is 30.2 Å². The van der Waals surface area contributed by atoms with Crippen molar-refractivity contribution >= 4 is 27.3 Å². The van der Waals surface area contributed by atoms with E-state index in [9.17, 15) is 8.42 Å². The first kappa shape index (κ1) is 17.5. The number of rotatable bonds is 5. The molecular formula is C15H24ClN3O2S. The quantitative estimate of drug-likeness (QED) is 0.860. The SMILES string of the molecule is Cc1nccc(NCC2(S(=O)(=O)NC(C)(C)C)CCC2)c1Cl. The van der Waals surface area contributed by atoms with Gasteiger partial charge >= 0.3 is 0 Å². The van der Waals surface area contributed by atoms with Gasteiger partial charge in [0, 0.05) is 18.3 Å². The van der Waals surface area contributed by atoms with Crippen molar-refractivity contribution < 1.29 is 8.42 Å². The number of aryl methyl sites for hydroxylation is 1. The summed E-state index contributed by atoms with van der Waals surface area (Å²) in [6, 6.07) is 1.77. The van der Waals surface area contributed by atoms with Gasteiger partial charge in [-0.2, -0.15) is 0 Å². The number of nitrogens with zero attached hydrogens (tertiary/aromatic N) is 1. The standard InChI is InChI=1S/C15H24ClN3O2S/c1-11-13(16)12(6-9-17-11)18-10-15(7-5-8-15)22(20,21)19-14(2,3)4/h6,9,19H,5,7-8,10H2,1-4H3,(H,17,18). The van der Waals surface area contributed by atoms with Crippen LogP contribution in [0.4, 0.5) is 5.69 Å². The zero-order chi connectivity index (χ0) is 16.6. The van der Waals surface area contributed by atoms with Crippen LogP contribution in [0, 0.1) is 6.92 Å². The average molecular weight is 346 g/mol. The van der Waals surface area contributed by atoms with Gasteiger partial charge in [0.15, 0.2) is 0 Å². The molecule has 0 atom stereocenters. The minimum Gasteiger partial charge on any atom is -0.382 e. The maximum atomic E-state index is 12.7. The molecule has 0 saturated heterocycles. The Hall–Kier alpha value is -0.850. The summed E-state index contributed by atoms with van der Waals surface area (Å²) in [6.45, 7) is 7.74. The van der Waals surface area contributed by atoms with Crippen LogP contribution in [0.3, 0.4) is 0 Å². The van der Waals surface area contributed by atoms with E-state index in [0.717, 1.165) is 17.8 Å². The Labute approximate surface area is 137 Å². The van der Waals surface area contributed by atoms with E-state index >= 15 is 0 Å². The van der Waals surface area contributed by atoms with Gasteiger partial charge in [0.2, 0.25) is 10.0 Å². The molecule has 7 heteroatoms. The summed E-state index contributed by atoms with van der Waals surface area (Å²) in [4.78, 5) is 4.11. The van der Waals surface area contributed by atoms with E-state index in [0.29, 0.717) is 24.4 Å². The molecule has 1 aromatic rings. The number of halogens is 1. The zero-order valence-corrected chi connectivity index (χ0v) is 15.1. The average Bonchev–Trinajstić information content (AvgIpc) is 2.29. The molecule has 1 saturated carbocycles.